The number of carbonyl (C=O) groups is 4. The van der Waals surface area contributed by atoms with Gasteiger partial charge in [0.15, 0.2) is 18.4 Å². The maximum absolute atomic E-state index is 10.9. The summed E-state index contributed by atoms with van der Waals surface area (Å²) in [6, 6.07) is 0. The number of amides is 1. The lowest BCUT2D eigenvalue weighted by molar-refractivity contribution is -0.152. The second-order valence-corrected chi connectivity index (χ2v) is 5.30. The highest BCUT2D eigenvalue weighted by Crippen LogP contribution is 2.36. The second kappa shape index (κ2) is 8.87. The Bertz CT molecular complexity index is 696. The minimum atomic E-state index is -1.13. The molecule has 1 aromatic rings. The Morgan fingerprint density at radius 1 is 1.27 bits per heavy atom. The van der Waals surface area contributed by atoms with Crippen molar-refractivity contribution < 1.29 is 38.1 Å². The molecule has 1 saturated heterocycles. The average Bonchev–Trinajstić information content (AvgIpc) is 3.17. The first-order valence-corrected chi connectivity index (χ1v) is 7.45. The summed E-state index contributed by atoms with van der Waals surface area (Å²) >= 11 is 4.87. The summed E-state index contributed by atoms with van der Waals surface area (Å²) in [4.78, 5) is 46.9. The normalized spacial score (nSPS) is 24.3. The Kier molecular flexibility index (Phi) is 6.57. The number of nitrogens with two attached hydrogens (primary N) is 1. The fraction of sp³-hybridized carbons (Fsp3) is 0.385. The van der Waals surface area contributed by atoms with Crippen LogP contribution >= 0.6 is 12.2 Å². The summed E-state index contributed by atoms with van der Waals surface area (Å²) in [5, 5.41) is 2.38. The molecule has 0 bridgehead atoms. The second-order valence-electron chi connectivity index (χ2n) is 4.86. The van der Waals surface area contributed by atoms with Gasteiger partial charge >= 0.3 is 0 Å². The molecule has 4 unspecified atom stereocenters. The van der Waals surface area contributed by atoms with Gasteiger partial charge < -0.3 is 30.0 Å². The van der Waals surface area contributed by atoms with E-state index in [4.69, 9.17) is 32.2 Å². The van der Waals surface area contributed by atoms with Crippen LogP contribution < -0.4 is 11.1 Å². The van der Waals surface area contributed by atoms with Crippen molar-refractivity contribution in [2.45, 2.75) is 24.5 Å². The number of hydrogen-bond donors (Lipinski definition) is 2. The number of rotatable bonds is 11. The van der Waals surface area contributed by atoms with Crippen molar-refractivity contribution in [1.82, 2.24) is 9.55 Å². The van der Waals surface area contributed by atoms with Crippen molar-refractivity contribution in [1.29, 1.82) is 0 Å². The van der Waals surface area contributed by atoms with E-state index in [9.17, 15) is 19.2 Å². The fourth-order valence-corrected chi connectivity index (χ4v) is 2.72. The van der Waals surface area contributed by atoms with Gasteiger partial charge in [-0.3, -0.25) is 23.7 Å². The molecule has 140 valence electrons. The Morgan fingerprint density at radius 2 is 1.96 bits per heavy atom. The predicted octanol–water partition coefficient (Wildman–Crippen LogP) is -1.76. The molecular formula is C13H14N4O8S. The van der Waals surface area contributed by atoms with Gasteiger partial charge in [-0.1, -0.05) is 12.2 Å². The topological polar surface area (TPSA) is 161 Å². The van der Waals surface area contributed by atoms with E-state index in [1.807, 2.05) is 0 Å². The van der Waals surface area contributed by atoms with E-state index in [2.05, 4.69) is 15.0 Å². The van der Waals surface area contributed by atoms with Crippen LogP contribution in [0.4, 0.5) is 5.82 Å². The third-order valence-electron chi connectivity index (χ3n) is 3.54. The van der Waals surface area contributed by atoms with E-state index >= 15 is 0 Å². The van der Waals surface area contributed by atoms with Crippen LogP contribution in [0.5, 0.6) is 0 Å². The molecule has 4 atom stereocenters. The van der Waals surface area contributed by atoms with Gasteiger partial charge in [0.05, 0.1) is 6.33 Å². The van der Waals surface area contributed by atoms with Gasteiger partial charge in [0.2, 0.25) is 6.41 Å². The lowest BCUT2D eigenvalue weighted by atomic mass is 10.1. The average molecular weight is 386 g/mol. The number of hydrogen-bond acceptors (Lipinski definition) is 10. The van der Waals surface area contributed by atoms with Gasteiger partial charge in [-0.15, -0.1) is 0 Å². The zero-order valence-corrected chi connectivity index (χ0v) is 13.9. The third kappa shape index (κ3) is 3.78. The molecule has 26 heavy (non-hydrogen) atoms. The largest absolute Gasteiger partial charge is 0.465 e. The van der Waals surface area contributed by atoms with Crippen LogP contribution in [0.1, 0.15) is 11.9 Å². The Labute approximate surface area is 151 Å². The van der Waals surface area contributed by atoms with Crippen LogP contribution in [0.3, 0.4) is 0 Å². The summed E-state index contributed by atoms with van der Waals surface area (Å²) in [5.74, 6) is 0.0822. The molecule has 1 aliphatic rings. The fourth-order valence-electron chi connectivity index (χ4n) is 2.57. The smallest absolute Gasteiger partial charge is 0.293 e. The lowest BCUT2D eigenvalue weighted by Crippen LogP contribution is -2.38. The molecular weight excluding hydrogens is 372 g/mol. The van der Waals surface area contributed by atoms with Crippen molar-refractivity contribution in [2.24, 2.45) is 5.73 Å². The van der Waals surface area contributed by atoms with Crippen molar-refractivity contribution in [3.05, 3.63) is 12.0 Å². The molecule has 2 rings (SSSR count). The van der Waals surface area contributed by atoms with Crippen LogP contribution in [0, 0.1) is 0 Å². The Morgan fingerprint density at radius 3 is 2.54 bits per heavy atom. The van der Waals surface area contributed by atoms with Gasteiger partial charge in [-0.05, 0) is 0 Å². The van der Waals surface area contributed by atoms with E-state index in [1.54, 1.807) is 0 Å². The van der Waals surface area contributed by atoms with Gasteiger partial charge in [0.25, 0.3) is 19.4 Å². The first-order valence-electron chi connectivity index (χ1n) is 7.04. The predicted molar refractivity (Wildman–Crippen MR) is 85.6 cm³/mol. The van der Waals surface area contributed by atoms with Crippen molar-refractivity contribution in [2.75, 3.05) is 11.9 Å². The molecule has 1 aromatic heterocycles. The highest BCUT2D eigenvalue weighted by atomic mass is 32.1. The maximum atomic E-state index is 10.9. The van der Waals surface area contributed by atoms with Crippen LogP contribution in [0.15, 0.2) is 6.33 Å². The molecule has 13 heteroatoms. The zero-order chi connectivity index (χ0) is 19.1. The minimum absolute atomic E-state index is 0.0822. The molecule has 0 aliphatic carbocycles. The Hall–Kier alpha value is -3.06. The Balaban J connectivity index is 2.43. The molecule has 1 fully saturated rings. The molecule has 0 aromatic carbocycles. The summed E-state index contributed by atoms with van der Waals surface area (Å²) in [7, 11) is 0. The van der Waals surface area contributed by atoms with Gasteiger partial charge in [0.1, 0.15) is 29.2 Å². The number of aromatic nitrogens is 2. The van der Waals surface area contributed by atoms with E-state index in [-0.39, 0.29) is 42.5 Å². The highest BCUT2D eigenvalue weighted by Gasteiger charge is 2.50. The molecule has 12 nitrogen and oxygen atoms in total. The SMILES string of the molecule is NC(=S)c1ncn(C2OC(COC=O)C(OC=O)C2OC=O)c1NC=O. The van der Waals surface area contributed by atoms with E-state index in [0.29, 0.717) is 6.41 Å². The third-order valence-corrected chi connectivity index (χ3v) is 3.73. The molecule has 0 radical (unpaired) electrons. The van der Waals surface area contributed by atoms with Gasteiger partial charge in [-0.25, -0.2) is 4.98 Å². The van der Waals surface area contributed by atoms with Crippen molar-refractivity contribution in [3.8, 4) is 0 Å². The van der Waals surface area contributed by atoms with Gasteiger partial charge in [0, 0.05) is 0 Å². The van der Waals surface area contributed by atoms with Crippen LogP contribution in [-0.2, 0) is 38.1 Å². The standard InChI is InChI=1S/C13H14N4O8S/c14-11(26)8-12(16-3-18)17(2-15-8)13-10(24-6-21)9(23-5-20)7(25-13)1-22-4-19/h2-7,9-10,13H,1H2,(H2,14,26)(H,16,18). The number of nitrogens with zero attached hydrogens (tertiary/aromatic N) is 2. The van der Waals surface area contributed by atoms with Crippen molar-refractivity contribution >= 4 is 48.9 Å². The van der Waals surface area contributed by atoms with Crippen LogP contribution in [0.2, 0.25) is 0 Å². The molecule has 0 saturated carbocycles. The molecule has 0 spiro atoms. The number of carbonyl (C=O) groups excluding carboxylic acids is 4. The molecule has 1 aliphatic heterocycles. The minimum Gasteiger partial charge on any atom is -0.465 e. The zero-order valence-electron chi connectivity index (χ0n) is 13.0. The first-order chi connectivity index (χ1) is 12.6. The summed E-state index contributed by atoms with van der Waals surface area (Å²) in [5.41, 5.74) is 5.66. The number of nitrogens with one attached hydrogen (secondary N) is 1. The molecule has 3 N–H and O–H groups in total. The van der Waals surface area contributed by atoms with E-state index in [1.165, 1.54) is 10.9 Å². The van der Waals surface area contributed by atoms with Crippen LogP contribution in [0.25, 0.3) is 0 Å². The summed E-state index contributed by atoms with van der Waals surface area (Å²) in [6.07, 6.45) is -2.62. The van der Waals surface area contributed by atoms with E-state index < -0.39 is 24.5 Å². The highest BCUT2D eigenvalue weighted by molar-refractivity contribution is 7.80. The molecule has 2 heterocycles. The monoisotopic (exact) mass is 386 g/mol. The number of ether oxygens (including phenoxy) is 4. The summed E-state index contributed by atoms with van der Waals surface area (Å²) in [6.45, 7) is 0.199. The maximum Gasteiger partial charge on any atom is 0.293 e. The van der Waals surface area contributed by atoms with Crippen LogP contribution in [-0.4, -0.2) is 65.3 Å². The quantitative estimate of drug-likeness (QED) is 0.252. The first kappa shape index (κ1) is 19.3. The number of imidazole rings is 1. The summed E-state index contributed by atoms with van der Waals surface area (Å²) < 4.78 is 21.5. The van der Waals surface area contributed by atoms with Gasteiger partial charge in [-0.2, -0.15) is 0 Å². The number of thiocarbonyl (C=S) groups is 1. The van der Waals surface area contributed by atoms with E-state index in [0.717, 1.165) is 0 Å². The molecule has 1 amide bonds. The number of anilines is 1. The van der Waals surface area contributed by atoms with Crippen molar-refractivity contribution in [3.63, 3.8) is 0 Å². The lowest BCUT2D eigenvalue weighted by Gasteiger charge is -2.22.